The number of aryl methyl sites for hydroxylation is 1. The first-order chi connectivity index (χ1) is 9.85. The largest absolute Gasteiger partial charge is 0.465 e. The molecule has 1 fully saturated rings. The quantitative estimate of drug-likeness (QED) is 0.787. The lowest BCUT2D eigenvalue weighted by atomic mass is 9.96. The number of ether oxygens (including phenoxy) is 1. The van der Waals surface area contributed by atoms with Gasteiger partial charge in [0.2, 0.25) is 5.09 Å². The molecule has 1 aliphatic heterocycles. The van der Waals surface area contributed by atoms with Gasteiger partial charge < -0.3 is 14.5 Å². The minimum atomic E-state index is -3.80. The molecule has 0 aliphatic carbocycles. The smallest absolute Gasteiger partial charge is 0.341 e. The SMILES string of the molecule is COC(=O)c1cc(S(=O)(=O)NC2CNCCC2C)oc1C.Cl. The number of hydrogen-bond donors (Lipinski definition) is 2. The highest BCUT2D eigenvalue weighted by Gasteiger charge is 2.30. The van der Waals surface area contributed by atoms with E-state index >= 15 is 0 Å². The van der Waals surface area contributed by atoms with Crippen molar-refractivity contribution in [3.8, 4) is 0 Å². The molecule has 0 bridgehead atoms. The predicted molar refractivity (Wildman–Crippen MR) is 82.8 cm³/mol. The Morgan fingerprint density at radius 2 is 2.18 bits per heavy atom. The molecule has 126 valence electrons. The average Bonchev–Trinajstić information content (AvgIpc) is 2.83. The van der Waals surface area contributed by atoms with E-state index in [1.165, 1.54) is 20.1 Å². The number of furan rings is 1. The highest BCUT2D eigenvalue weighted by molar-refractivity contribution is 7.89. The molecule has 0 aromatic carbocycles. The maximum atomic E-state index is 12.3. The Kier molecular flexibility index (Phi) is 6.42. The second-order valence-electron chi connectivity index (χ2n) is 5.22. The number of piperidine rings is 1. The fourth-order valence-electron chi connectivity index (χ4n) is 2.30. The summed E-state index contributed by atoms with van der Waals surface area (Å²) in [7, 11) is -2.57. The summed E-state index contributed by atoms with van der Waals surface area (Å²) in [6, 6.07) is 1.00. The zero-order valence-corrected chi connectivity index (χ0v) is 14.3. The van der Waals surface area contributed by atoms with E-state index in [1.54, 1.807) is 0 Å². The van der Waals surface area contributed by atoms with Crippen molar-refractivity contribution in [2.45, 2.75) is 31.4 Å². The third-order valence-corrected chi connectivity index (χ3v) is 5.04. The van der Waals surface area contributed by atoms with Crippen LogP contribution >= 0.6 is 12.4 Å². The molecular weight excluding hydrogens is 332 g/mol. The summed E-state index contributed by atoms with van der Waals surface area (Å²) in [6.45, 7) is 4.98. The van der Waals surface area contributed by atoms with E-state index in [4.69, 9.17) is 4.42 Å². The highest BCUT2D eigenvalue weighted by atomic mass is 35.5. The number of hydrogen-bond acceptors (Lipinski definition) is 6. The van der Waals surface area contributed by atoms with Gasteiger partial charge in [0.15, 0.2) is 0 Å². The zero-order valence-electron chi connectivity index (χ0n) is 12.7. The summed E-state index contributed by atoms with van der Waals surface area (Å²) in [6.07, 6.45) is 0.901. The van der Waals surface area contributed by atoms with Gasteiger partial charge in [-0.25, -0.2) is 17.9 Å². The van der Waals surface area contributed by atoms with E-state index in [2.05, 4.69) is 14.8 Å². The average molecular weight is 353 g/mol. The molecule has 2 heterocycles. The van der Waals surface area contributed by atoms with Crippen molar-refractivity contribution in [2.24, 2.45) is 5.92 Å². The number of carbonyl (C=O) groups excluding carboxylic acids is 1. The third kappa shape index (κ3) is 4.01. The van der Waals surface area contributed by atoms with Crippen LogP contribution in [-0.4, -0.2) is 40.6 Å². The van der Waals surface area contributed by atoms with Crippen LogP contribution < -0.4 is 10.0 Å². The van der Waals surface area contributed by atoms with Crippen LogP contribution in [0.15, 0.2) is 15.6 Å². The zero-order chi connectivity index (χ0) is 15.6. The molecular formula is C13H21ClN2O5S. The molecule has 0 spiro atoms. The van der Waals surface area contributed by atoms with Gasteiger partial charge in [0.25, 0.3) is 10.0 Å². The van der Waals surface area contributed by atoms with E-state index < -0.39 is 16.0 Å². The third-order valence-electron chi connectivity index (χ3n) is 3.70. The molecule has 0 saturated carbocycles. The Labute approximate surface area is 136 Å². The molecule has 2 unspecified atom stereocenters. The van der Waals surface area contributed by atoms with Gasteiger partial charge in [-0.05, 0) is 25.8 Å². The van der Waals surface area contributed by atoms with Crippen LogP contribution in [0.2, 0.25) is 0 Å². The molecule has 2 rings (SSSR count). The van der Waals surface area contributed by atoms with Crippen LogP contribution in [-0.2, 0) is 14.8 Å². The molecule has 1 saturated heterocycles. The minimum Gasteiger partial charge on any atom is -0.465 e. The minimum absolute atomic E-state index is 0. The Morgan fingerprint density at radius 3 is 2.77 bits per heavy atom. The number of rotatable bonds is 4. The molecule has 1 aliphatic rings. The first-order valence-electron chi connectivity index (χ1n) is 6.77. The number of halogens is 1. The maximum Gasteiger partial charge on any atom is 0.341 e. The number of nitrogens with one attached hydrogen (secondary N) is 2. The standard InChI is InChI=1S/C13H20N2O5S.ClH/c1-8-4-5-14-7-11(8)15-21(17,18)12-6-10(9(2)20-12)13(16)19-3;/h6,8,11,14-15H,4-5,7H2,1-3H3;1H. The molecule has 9 heteroatoms. The van der Waals surface area contributed by atoms with E-state index in [0.29, 0.717) is 6.54 Å². The summed E-state index contributed by atoms with van der Waals surface area (Å²) in [5.41, 5.74) is 0.118. The lowest BCUT2D eigenvalue weighted by Gasteiger charge is -2.29. The predicted octanol–water partition coefficient (Wildman–Crippen LogP) is 1.07. The van der Waals surface area contributed by atoms with E-state index in [9.17, 15) is 13.2 Å². The van der Waals surface area contributed by atoms with Crippen molar-refractivity contribution in [1.82, 2.24) is 10.0 Å². The monoisotopic (exact) mass is 352 g/mol. The fraction of sp³-hybridized carbons (Fsp3) is 0.615. The lowest BCUT2D eigenvalue weighted by Crippen LogP contribution is -2.50. The van der Waals surface area contributed by atoms with Gasteiger partial charge in [0.1, 0.15) is 11.3 Å². The summed E-state index contributed by atoms with van der Waals surface area (Å²) in [5.74, 6) is -0.167. The van der Waals surface area contributed by atoms with Gasteiger partial charge in [-0.1, -0.05) is 6.92 Å². The van der Waals surface area contributed by atoms with Gasteiger partial charge in [-0.3, -0.25) is 0 Å². The second-order valence-corrected chi connectivity index (χ2v) is 6.87. The van der Waals surface area contributed by atoms with E-state index in [1.807, 2.05) is 6.92 Å². The summed E-state index contributed by atoms with van der Waals surface area (Å²) >= 11 is 0. The van der Waals surface area contributed by atoms with Gasteiger partial charge >= 0.3 is 5.97 Å². The molecule has 2 atom stereocenters. The summed E-state index contributed by atoms with van der Waals surface area (Å²) in [5, 5.41) is 2.89. The Morgan fingerprint density at radius 1 is 1.50 bits per heavy atom. The Hall–Kier alpha value is -1.09. The molecule has 0 amide bonds. The number of esters is 1. The van der Waals surface area contributed by atoms with Crippen molar-refractivity contribution in [3.63, 3.8) is 0 Å². The first-order valence-corrected chi connectivity index (χ1v) is 8.25. The molecule has 0 radical (unpaired) electrons. The van der Waals surface area contributed by atoms with Crippen LogP contribution in [0.5, 0.6) is 0 Å². The van der Waals surface area contributed by atoms with Crippen LogP contribution in [0.3, 0.4) is 0 Å². The number of carbonyl (C=O) groups is 1. The van der Waals surface area contributed by atoms with Crippen molar-refractivity contribution < 1.29 is 22.4 Å². The van der Waals surface area contributed by atoms with Gasteiger partial charge in [0.05, 0.1) is 7.11 Å². The molecule has 1 aromatic rings. The van der Waals surface area contributed by atoms with E-state index in [0.717, 1.165) is 13.0 Å². The topological polar surface area (TPSA) is 97.6 Å². The van der Waals surface area contributed by atoms with Crippen LogP contribution in [0.25, 0.3) is 0 Å². The van der Waals surface area contributed by atoms with Gasteiger partial charge in [-0.15, -0.1) is 12.4 Å². The molecule has 22 heavy (non-hydrogen) atoms. The van der Waals surface area contributed by atoms with Gasteiger partial charge in [-0.2, -0.15) is 0 Å². The van der Waals surface area contributed by atoms with Crippen molar-refractivity contribution in [3.05, 3.63) is 17.4 Å². The van der Waals surface area contributed by atoms with Crippen LogP contribution in [0.1, 0.15) is 29.5 Å². The molecule has 2 N–H and O–H groups in total. The Balaban J connectivity index is 0.00000242. The first kappa shape index (κ1) is 19.0. The van der Waals surface area contributed by atoms with Crippen molar-refractivity contribution in [1.29, 1.82) is 0 Å². The number of methoxy groups -OCH3 is 1. The van der Waals surface area contributed by atoms with Crippen molar-refractivity contribution >= 4 is 28.4 Å². The Bertz CT molecular complexity index is 628. The summed E-state index contributed by atoms with van der Waals surface area (Å²) < 4.78 is 37.1. The normalized spacial score (nSPS) is 22.0. The van der Waals surface area contributed by atoms with E-state index in [-0.39, 0.29) is 40.8 Å². The van der Waals surface area contributed by atoms with Crippen molar-refractivity contribution in [2.75, 3.05) is 20.2 Å². The maximum absolute atomic E-state index is 12.3. The summed E-state index contributed by atoms with van der Waals surface area (Å²) in [4.78, 5) is 11.5. The second kappa shape index (κ2) is 7.45. The number of sulfonamides is 1. The lowest BCUT2D eigenvalue weighted by molar-refractivity contribution is 0.0599. The van der Waals surface area contributed by atoms with Crippen LogP contribution in [0.4, 0.5) is 0 Å². The molecule has 7 nitrogen and oxygen atoms in total. The fourth-order valence-corrected chi connectivity index (χ4v) is 3.64. The molecule has 1 aromatic heterocycles. The highest BCUT2D eigenvalue weighted by Crippen LogP contribution is 2.21. The van der Waals surface area contributed by atoms with Crippen LogP contribution in [0, 0.1) is 12.8 Å². The van der Waals surface area contributed by atoms with Gasteiger partial charge in [0, 0.05) is 18.7 Å².